The molecule has 1 saturated heterocycles. The van der Waals surface area contributed by atoms with Gasteiger partial charge in [-0.15, -0.1) is 0 Å². The van der Waals surface area contributed by atoms with Crippen LogP contribution in [0, 0.1) is 0 Å². The molecule has 5 heteroatoms. The number of phenols is 1. The maximum Gasteiger partial charge on any atom is 0.252 e. The van der Waals surface area contributed by atoms with Crippen molar-refractivity contribution in [1.82, 2.24) is 10.2 Å². The van der Waals surface area contributed by atoms with Crippen LogP contribution in [0.5, 0.6) is 5.75 Å². The third-order valence-electron chi connectivity index (χ3n) is 3.66. The summed E-state index contributed by atoms with van der Waals surface area (Å²) in [6, 6.07) is 5.75. The van der Waals surface area contributed by atoms with Crippen molar-refractivity contribution in [1.29, 1.82) is 0 Å². The Morgan fingerprint density at radius 2 is 2.20 bits per heavy atom. The molecule has 1 aromatic carbocycles. The van der Waals surface area contributed by atoms with E-state index in [1.54, 1.807) is 19.1 Å². The average Bonchev–Trinajstić information content (AvgIpc) is 2.84. The zero-order chi connectivity index (χ0) is 14.7. The number of hydrogen-bond donors (Lipinski definition) is 2. The van der Waals surface area contributed by atoms with Gasteiger partial charge in [0.05, 0.1) is 0 Å². The van der Waals surface area contributed by atoms with Crippen LogP contribution in [0.3, 0.4) is 0 Å². The molecule has 0 saturated carbocycles. The summed E-state index contributed by atoms with van der Waals surface area (Å²) < 4.78 is 0. The van der Waals surface area contributed by atoms with Gasteiger partial charge in [-0.3, -0.25) is 9.59 Å². The van der Waals surface area contributed by atoms with Crippen molar-refractivity contribution in [3.8, 4) is 5.75 Å². The van der Waals surface area contributed by atoms with Gasteiger partial charge in [-0.05, 0) is 44.9 Å². The Morgan fingerprint density at radius 3 is 2.80 bits per heavy atom. The molecule has 108 valence electrons. The summed E-state index contributed by atoms with van der Waals surface area (Å²) in [7, 11) is 0. The van der Waals surface area contributed by atoms with Gasteiger partial charge in [-0.1, -0.05) is 6.07 Å². The second kappa shape index (κ2) is 5.94. The quantitative estimate of drug-likeness (QED) is 0.879. The lowest BCUT2D eigenvalue weighted by atomic mass is 10.1. The molecule has 5 nitrogen and oxygen atoms in total. The minimum absolute atomic E-state index is 0.0322. The van der Waals surface area contributed by atoms with Crippen molar-refractivity contribution in [3.63, 3.8) is 0 Å². The largest absolute Gasteiger partial charge is 0.508 e. The number of amides is 2. The monoisotopic (exact) mass is 276 g/mol. The molecule has 2 atom stereocenters. The predicted molar refractivity (Wildman–Crippen MR) is 75.4 cm³/mol. The summed E-state index contributed by atoms with van der Waals surface area (Å²) in [6.45, 7) is 4.47. The van der Waals surface area contributed by atoms with Crippen molar-refractivity contribution >= 4 is 11.8 Å². The first-order valence-corrected chi connectivity index (χ1v) is 6.89. The standard InChI is InChI=1S/C15H20N2O3/c1-10-5-4-8-17(10)15(20)11(2)16-14(19)12-6-3-7-13(18)9-12/h3,6-7,9-11,18H,4-5,8H2,1-2H3,(H,16,19). The second-order valence-corrected chi connectivity index (χ2v) is 5.27. The van der Waals surface area contributed by atoms with Crippen LogP contribution in [0.1, 0.15) is 37.0 Å². The average molecular weight is 276 g/mol. The van der Waals surface area contributed by atoms with Gasteiger partial charge >= 0.3 is 0 Å². The highest BCUT2D eigenvalue weighted by Gasteiger charge is 2.29. The van der Waals surface area contributed by atoms with Gasteiger partial charge in [-0.2, -0.15) is 0 Å². The normalized spacial score (nSPS) is 19.7. The van der Waals surface area contributed by atoms with Crippen molar-refractivity contribution in [3.05, 3.63) is 29.8 Å². The van der Waals surface area contributed by atoms with Crippen LogP contribution in [0.15, 0.2) is 24.3 Å². The first-order chi connectivity index (χ1) is 9.49. The lowest BCUT2D eigenvalue weighted by molar-refractivity contribution is -0.133. The zero-order valence-corrected chi connectivity index (χ0v) is 11.8. The SMILES string of the molecule is CC(NC(=O)c1cccc(O)c1)C(=O)N1CCCC1C. The van der Waals surface area contributed by atoms with Crippen LogP contribution >= 0.6 is 0 Å². The number of nitrogens with one attached hydrogen (secondary N) is 1. The van der Waals surface area contributed by atoms with Crippen molar-refractivity contribution < 1.29 is 14.7 Å². The van der Waals surface area contributed by atoms with E-state index >= 15 is 0 Å². The molecule has 0 aliphatic carbocycles. The van der Waals surface area contributed by atoms with Gasteiger partial charge in [0, 0.05) is 18.2 Å². The molecule has 1 fully saturated rings. The maximum absolute atomic E-state index is 12.3. The van der Waals surface area contributed by atoms with E-state index in [-0.39, 0.29) is 23.6 Å². The summed E-state index contributed by atoms with van der Waals surface area (Å²) >= 11 is 0. The lowest BCUT2D eigenvalue weighted by Crippen LogP contribution is -2.47. The number of rotatable bonds is 3. The summed E-state index contributed by atoms with van der Waals surface area (Å²) in [5.41, 5.74) is 0.346. The number of carbonyl (C=O) groups excluding carboxylic acids is 2. The fourth-order valence-corrected chi connectivity index (χ4v) is 2.50. The van der Waals surface area contributed by atoms with E-state index in [1.807, 2.05) is 11.8 Å². The van der Waals surface area contributed by atoms with Crippen LogP contribution in [-0.4, -0.2) is 40.4 Å². The van der Waals surface area contributed by atoms with E-state index in [0.29, 0.717) is 5.56 Å². The van der Waals surface area contributed by atoms with Gasteiger partial charge in [-0.25, -0.2) is 0 Å². The van der Waals surface area contributed by atoms with E-state index in [4.69, 9.17) is 0 Å². The molecule has 2 amide bonds. The van der Waals surface area contributed by atoms with Gasteiger partial charge in [0.15, 0.2) is 0 Å². The molecule has 0 radical (unpaired) electrons. The molecule has 0 bridgehead atoms. The van der Waals surface area contributed by atoms with E-state index in [0.717, 1.165) is 19.4 Å². The van der Waals surface area contributed by atoms with Crippen LogP contribution in [0.4, 0.5) is 0 Å². The number of nitrogens with zero attached hydrogens (tertiary/aromatic N) is 1. The van der Waals surface area contributed by atoms with E-state index < -0.39 is 6.04 Å². The summed E-state index contributed by atoms with van der Waals surface area (Å²) in [4.78, 5) is 26.1. The molecule has 1 aromatic rings. The first kappa shape index (κ1) is 14.4. The summed E-state index contributed by atoms with van der Waals surface area (Å²) in [6.07, 6.45) is 2.03. The molecule has 20 heavy (non-hydrogen) atoms. The number of benzene rings is 1. The summed E-state index contributed by atoms with van der Waals surface area (Å²) in [5, 5.41) is 12.0. The fourth-order valence-electron chi connectivity index (χ4n) is 2.50. The second-order valence-electron chi connectivity index (χ2n) is 5.27. The number of likely N-dealkylation sites (tertiary alicyclic amines) is 1. The molecule has 0 spiro atoms. The molecule has 0 aromatic heterocycles. The van der Waals surface area contributed by atoms with Crippen LogP contribution in [0.25, 0.3) is 0 Å². The number of hydrogen-bond acceptors (Lipinski definition) is 3. The molecular formula is C15H20N2O3. The van der Waals surface area contributed by atoms with Gasteiger partial charge < -0.3 is 15.3 Å². The fraction of sp³-hybridized carbons (Fsp3) is 0.467. The lowest BCUT2D eigenvalue weighted by Gasteiger charge is -2.25. The van der Waals surface area contributed by atoms with Crippen LogP contribution in [0.2, 0.25) is 0 Å². The minimum atomic E-state index is -0.564. The zero-order valence-electron chi connectivity index (χ0n) is 11.8. The topological polar surface area (TPSA) is 69.6 Å². The van der Waals surface area contributed by atoms with Crippen LogP contribution < -0.4 is 5.32 Å². The highest BCUT2D eigenvalue weighted by molar-refractivity contribution is 5.97. The van der Waals surface area contributed by atoms with Gasteiger partial charge in [0.2, 0.25) is 5.91 Å². The Balaban J connectivity index is 1.98. The number of aromatic hydroxyl groups is 1. The van der Waals surface area contributed by atoms with E-state index in [1.165, 1.54) is 12.1 Å². The number of phenolic OH excluding ortho intramolecular Hbond substituents is 1. The molecule has 1 aliphatic heterocycles. The van der Waals surface area contributed by atoms with Crippen molar-refractivity contribution in [2.75, 3.05) is 6.54 Å². The van der Waals surface area contributed by atoms with Crippen molar-refractivity contribution in [2.45, 2.75) is 38.8 Å². The van der Waals surface area contributed by atoms with E-state index in [2.05, 4.69) is 5.32 Å². The molecular weight excluding hydrogens is 256 g/mol. The van der Waals surface area contributed by atoms with Crippen LogP contribution in [-0.2, 0) is 4.79 Å². The molecule has 2 rings (SSSR count). The Morgan fingerprint density at radius 1 is 1.45 bits per heavy atom. The van der Waals surface area contributed by atoms with Gasteiger partial charge in [0.25, 0.3) is 5.91 Å². The van der Waals surface area contributed by atoms with E-state index in [9.17, 15) is 14.7 Å². The predicted octanol–water partition coefficient (Wildman–Crippen LogP) is 1.52. The first-order valence-electron chi connectivity index (χ1n) is 6.89. The molecule has 2 N–H and O–H groups in total. The summed E-state index contributed by atoms with van der Waals surface area (Å²) in [5.74, 6) is -0.373. The third kappa shape index (κ3) is 3.10. The molecule has 1 aliphatic rings. The maximum atomic E-state index is 12.3. The Kier molecular flexibility index (Phi) is 4.27. The van der Waals surface area contributed by atoms with Crippen molar-refractivity contribution in [2.24, 2.45) is 0 Å². The Labute approximate surface area is 118 Å². The van der Waals surface area contributed by atoms with Gasteiger partial charge in [0.1, 0.15) is 11.8 Å². The molecule has 1 heterocycles. The highest BCUT2D eigenvalue weighted by Crippen LogP contribution is 2.17. The third-order valence-corrected chi connectivity index (χ3v) is 3.66. The molecule has 2 unspecified atom stereocenters. The Bertz CT molecular complexity index is 516. The Hall–Kier alpha value is -2.04. The highest BCUT2D eigenvalue weighted by atomic mass is 16.3. The number of carbonyl (C=O) groups is 2. The minimum Gasteiger partial charge on any atom is -0.508 e. The smallest absolute Gasteiger partial charge is 0.252 e.